The molecule has 1 amide bonds. The van der Waals surface area contributed by atoms with Crippen LogP contribution in [0.5, 0.6) is 0 Å². The van der Waals surface area contributed by atoms with Gasteiger partial charge in [0.15, 0.2) is 0 Å². The Hall–Kier alpha value is -2.94. The highest BCUT2D eigenvalue weighted by Gasteiger charge is 2.08. The average Bonchev–Trinajstić information content (AvgIpc) is 2.57. The smallest absolute Gasteiger partial charge is 0.257 e. The fraction of sp³-hybridized carbons (Fsp3) is 0.182. The molecule has 0 bridgehead atoms. The van der Waals surface area contributed by atoms with Crippen LogP contribution in [0.25, 0.3) is 11.3 Å². The van der Waals surface area contributed by atoms with E-state index in [0.29, 0.717) is 5.56 Å². The van der Waals surface area contributed by atoms with Crippen LogP contribution in [-0.2, 0) is 0 Å². The summed E-state index contributed by atoms with van der Waals surface area (Å²) in [5.41, 5.74) is 8.05. The molecule has 0 saturated heterocycles. The van der Waals surface area contributed by atoms with E-state index in [-0.39, 0.29) is 5.91 Å². The van der Waals surface area contributed by atoms with Gasteiger partial charge in [-0.3, -0.25) is 9.78 Å². The van der Waals surface area contributed by atoms with Crippen molar-refractivity contribution in [2.45, 2.75) is 27.7 Å². The third-order valence-corrected chi connectivity index (χ3v) is 4.31. The molecular weight excluding hydrogens is 308 g/mol. The second kappa shape index (κ2) is 6.89. The molecule has 0 radical (unpaired) electrons. The molecule has 0 aliphatic heterocycles. The Balaban J connectivity index is 1.79. The fourth-order valence-electron chi connectivity index (χ4n) is 2.84. The van der Waals surface area contributed by atoms with Gasteiger partial charge in [-0.1, -0.05) is 23.3 Å². The largest absolute Gasteiger partial charge is 0.322 e. The Bertz CT molecular complexity index is 907. The van der Waals surface area contributed by atoms with Crippen LogP contribution in [0.4, 0.5) is 5.69 Å². The molecule has 126 valence electrons. The van der Waals surface area contributed by atoms with Gasteiger partial charge in [-0.2, -0.15) is 0 Å². The second-order valence-electron chi connectivity index (χ2n) is 6.56. The molecule has 0 fully saturated rings. The van der Waals surface area contributed by atoms with Crippen molar-refractivity contribution in [2.75, 3.05) is 5.32 Å². The quantitative estimate of drug-likeness (QED) is 0.714. The lowest BCUT2D eigenvalue weighted by atomic mass is 10.0. The van der Waals surface area contributed by atoms with Crippen LogP contribution >= 0.6 is 0 Å². The third kappa shape index (κ3) is 3.94. The second-order valence-corrected chi connectivity index (χ2v) is 6.56. The van der Waals surface area contributed by atoms with Gasteiger partial charge in [0.25, 0.3) is 5.91 Å². The molecule has 0 aliphatic carbocycles. The summed E-state index contributed by atoms with van der Waals surface area (Å²) in [6, 6.07) is 15.9. The van der Waals surface area contributed by atoms with Crippen molar-refractivity contribution in [3.63, 3.8) is 0 Å². The van der Waals surface area contributed by atoms with E-state index in [1.165, 1.54) is 16.7 Å². The van der Waals surface area contributed by atoms with Crippen LogP contribution < -0.4 is 5.32 Å². The molecule has 25 heavy (non-hydrogen) atoms. The predicted molar refractivity (Wildman–Crippen MR) is 103 cm³/mol. The van der Waals surface area contributed by atoms with Crippen molar-refractivity contribution in [1.82, 2.24) is 4.98 Å². The Morgan fingerprint density at radius 2 is 1.56 bits per heavy atom. The molecule has 0 atom stereocenters. The van der Waals surface area contributed by atoms with Gasteiger partial charge in [0, 0.05) is 17.4 Å². The zero-order chi connectivity index (χ0) is 18.0. The molecule has 0 saturated carbocycles. The van der Waals surface area contributed by atoms with Crippen LogP contribution in [0.1, 0.15) is 32.6 Å². The van der Waals surface area contributed by atoms with E-state index >= 15 is 0 Å². The van der Waals surface area contributed by atoms with Gasteiger partial charge in [-0.15, -0.1) is 0 Å². The van der Waals surface area contributed by atoms with Crippen molar-refractivity contribution >= 4 is 11.6 Å². The molecule has 3 heteroatoms. The molecular formula is C22H22N2O. The van der Waals surface area contributed by atoms with Gasteiger partial charge in [0.2, 0.25) is 0 Å². The summed E-state index contributed by atoms with van der Waals surface area (Å²) in [6.45, 7) is 8.23. The Morgan fingerprint density at radius 1 is 0.840 bits per heavy atom. The highest BCUT2D eigenvalue weighted by Crippen LogP contribution is 2.21. The summed E-state index contributed by atoms with van der Waals surface area (Å²) in [5, 5.41) is 2.92. The Morgan fingerprint density at radius 3 is 2.16 bits per heavy atom. The zero-order valence-corrected chi connectivity index (χ0v) is 15.1. The molecule has 1 N–H and O–H groups in total. The lowest BCUT2D eigenvalue weighted by Gasteiger charge is -2.09. The summed E-state index contributed by atoms with van der Waals surface area (Å²) in [4.78, 5) is 16.9. The molecule has 0 aliphatic rings. The number of benzene rings is 2. The van der Waals surface area contributed by atoms with Gasteiger partial charge in [0.05, 0.1) is 11.3 Å². The number of rotatable bonds is 3. The molecule has 0 spiro atoms. The van der Waals surface area contributed by atoms with E-state index in [9.17, 15) is 4.79 Å². The lowest BCUT2D eigenvalue weighted by molar-refractivity contribution is 0.102. The van der Waals surface area contributed by atoms with E-state index in [1.807, 2.05) is 37.3 Å². The number of amides is 1. The summed E-state index contributed by atoms with van der Waals surface area (Å²) >= 11 is 0. The minimum atomic E-state index is -0.150. The predicted octanol–water partition coefficient (Wildman–Crippen LogP) is 5.23. The minimum absolute atomic E-state index is 0.150. The summed E-state index contributed by atoms with van der Waals surface area (Å²) < 4.78 is 0. The van der Waals surface area contributed by atoms with E-state index in [1.54, 1.807) is 6.20 Å². The maximum absolute atomic E-state index is 12.4. The molecule has 3 aromatic rings. The number of pyridine rings is 1. The summed E-state index contributed by atoms with van der Waals surface area (Å²) in [5.74, 6) is -0.150. The molecule has 1 heterocycles. The number of aryl methyl sites for hydroxylation is 4. The van der Waals surface area contributed by atoms with Crippen molar-refractivity contribution in [3.05, 3.63) is 82.5 Å². The molecule has 3 rings (SSSR count). The number of carbonyl (C=O) groups excluding carboxylic acids is 1. The maximum Gasteiger partial charge on any atom is 0.257 e. The number of aromatic nitrogens is 1. The van der Waals surface area contributed by atoms with E-state index < -0.39 is 0 Å². The lowest BCUT2D eigenvalue weighted by Crippen LogP contribution is -2.12. The third-order valence-electron chi connectivity index (χ3n) is 4.31. The van der Waals surface area contributed by atoms with Crippen LogP contribution in [0.2, 0.25) is 0 Å². The standard InChI is InChI=1S/C22H22N2O/c1-14-9-15(2)11-19(10-14)21-8-6-18(13-23-21)22(25)24-20-7-5-16(3)17(4)12-20/h5-13H,1-4H3,(H,24,25). The van der Waals surface area contributed by atoms with E-state index in [2.05, 4.69) is 49.3 Å². The van der Waals surface area contributed by atoms with Crippen molar-refractivity contribution in [3.8, 4) is 11.3 Å². The van der Waals surface area contributed by atoms with Gasteiger partial charge in [-0.05, 0) is 75.2 Å². The zero-order valence-electron chi connectivity index (χ0n) is 15.1. The van der Waals surface area contributed by atoms with Gasteiger partial charge in [0.1, 0.15) is 0 Å². The first kappa shape index (κ1) is 16.9. The van der Waals surface area contributed by atoms with Crippen molar-refractivity contribution < 1.29 is 4.79 Å². The van der Waals surface area contributed by atoms with Crippen LogP contribution in [-0.4, -0.2) is 10.9 Å². The highest BCUT2D eigenvalue weighted by atomic mass is 16.1. The number of nitrogens with one attached hydrogen (secondary N) is 1. The molecule has 2 aromatic carbocycles. The number of carbonyl (C=O) groups is 1. The van der Waals surface area contributed by atoms with E-state index in [4.69, 9.17) is 0 Å². The molecule has 3 nitrogen and oxygen atoms in total. The monoisotopic (exact) mass is 330 g/mol. The van der Waals surface area contributed by atoms with Gasteiger partial charge >= 0.3 is 0 Å². The topological polar surface area (TPSA) is 42.0 Å². The van der Waals surface area contributed by atoms with Crippen LogP contribution in [0, 0.1) is 27.7 Å². The maximum atomic E-state index is 12.4. The number of hydrogen-bond donors (Lipinski definition) is 1. The van der Waals surface area contributed by atoms with Crippen LogP contribution in [0.3, 0.4) is 0 Å². The summed E-state index contributed by atoms with van der Waals surface area (Å²) in [6.07, 6.45) is 1.63. The summed E-state index contributed by atoms with van der Waals surface area (Å²) in [7, 11) is 0. The Kier molecular flexibility index (Phi) is 4.66. The minimum Gasteiger partial charge on any atom is -0.322 e. The first-order valence-corrected chi connectivity index (χ1v) is 8.36. The van der Waals surface area contributed by atoms with Crippen molar-refractivity contribution in [1.29, 1.82) is 0 Å². The van der Waals surface area contributed by atoms with E-state index in [0.717, 1.165) is 22.5 Å². The number of nitrogens with zero attached hydrogens (tertiary/aromatic N) is 1. The normalized spacial score (nSPS) is 10.6. The fourth-order valence-corrected chi connectivity index (χ4v) is 2.84. The van der Waals surface area contributed by atoms with Gasteiger partial charge < -0.3 is 5.32 Å². The molecule has 0 unspecified atom stereocenters. The van der Waals surface area contributed by atoms with Crippen molar-refractivity contribution in [2.24, 2.45) is 0 Å². The number of anilines is 1. The number of hydrogen-bond acceptors (Lipinski definition) is 2. The first-order chi connectivity index (χ1) is 11.9. The van der Waals surface area contributed by atoms with Gasteiger partial charge in [-0.25, -0.2) is 0 Å². The Labute approximate surface area is 148 Å². The first-order valence-electron chi connectivity index (χ1n) is 8.36. The SMILES string of the molecule is Cc1cc(C)cc(-c2ccc(C(=O)Nc3ccc(C)c(C)c3)cn2)c1. The van der Waals surface area contributed by atoms with Crippen LogP contribution in [0.15, 0.2) is 54.7 Å². The highest BCUT2D eigenvalue weighted by molar-refractivity contribution is 6.04. The molecule has 1 aromatic heterocycles. The average molecular weight is 330 g/mol.